The number of carbonyl (C=O) groups excluding carboxylic acids is 2. The fourth-order valence-electron chi connectivity index (χ4n) is 2.92. The number of anilines is 1. The van der Waals surface area contributed by atoms with Gasteiger partial charge in [-0.3, -0.25) is 9.59 Å². The molecule has 0 unspecified atom stereocenters. The molecule has 0 N–H and O–H groups in total. The minimum atomic E-state index is -0.133. The molecule has 0 saturated carbocycles. The molecule has 1 aliphatic heterocycles. The molecular formula is C18H14BrN5O2. The molecule has 8 heteroatoms. The van der Waals surface area contributed by atoms with Crippen LogP contribution in [0, 0.1) is 0 Å². The zero-order valence-corrected chi connectivity index (χ0v) is 15.5. The van der Waals surface area contributed by atoms with E-state index >= 15 is 0 Å². The monoisotopic (exact) mass is 411 g/mol. The number of hydrogen-bond acceptors (Lipinski definition) is 5. The second-order valence-corrected chi connectivity index (χ2v) is 6.87. The first-order valence-electron chi connectivity index (χ1n) is 7.98. The average molecular weight is 412 g/mol. The first kappa shape index (κ1) is 16.6. The van der Waals surface area contributed by atoms with E-state index in [0.29, 0.717) is 17.8 Å². The molecule has 7 nitrogen and oxygen atoms in total. The van der Waals surface area contributed by atoms with Gasteiger partial charge in [0.25, 0.3) is 0 Å². The van der Waals surface area contributed by atoms with Gasteiger partial charge in [0.1, 0.15) is 6.54 Å². The number of nitrogens with zero attached hydrogens (tertiary/aromatic N) is 5. The number of rotatable bonds is 4. The molecule has 1 aliphatic rings. The number of ketones is 1. The summed E-state index contributed by atoms with van der Waals surface area (Å²) < 4.78 is 0.860. The molecule has 2 heterocycles. The molecule has 130 valence electrons. The molecule has 3 aromatic rings. The van der Waals surface area contributed by atoms with Crippen molar-refractivity contribution in [3.05, 3.63) is 58.1 Å². The number of amides is 1. The van der Waals surface area contributed by atoms with Gasteiger partial charge in [-0.1, -0.05) is 28.1 Å². The highest BCUT2D eigenvalue weighted by molar-refractivity contribution is 9.10. The average Bonchev–Trinajstić information content (AvgIpc) is 3.20. The smallest absolute Gasteiger partial charge is 0.231 e. The fourth-order valence-corrected chi connectivity index (χ4v) is 3.39. The number of fused-ring (bicyclic) bond motifs is 1. The van der Waals surface area contributed by atoms with E-state index in [2.05, 4.69) is 31.3 Å². The Morgan fingerprint density at radius 3 is 2.85 bits per heavy atom. The molecule has 0 bridgehead atoms. The first-order chi connectivity index (χ1) is 12.5. The minimum absolute atomic E-state index is 0.0139. The van der Waals surface area contributed by atoms with E-state index in [9.17, 15) is 9.59 Å². The van der Waals surface area contributed by atoms with Crippen molar-refractivity contribution in [2.45, 2.75) is 13.0 Å². The number of halogens is 1. The predicted molar refractivity (Wildman–Crippen MR) is 98.8 cm³/mol. The number of aromatic nitrogens is 4. The number of tetrazole rings is 1. The van der Waals surface area contributed by atoms with Gasteiger partial charge >= 0.3 is 0 Å². The summed E-state index contributed by atoms with van der Waals surface area (Å²) in [7, 11) is 1.73. The van der Waals surface area contributed by atoms with E-state index in [0.717, 1.165) is 21.3 Å². The van der Waals surface area contributed by atoms with E-state index in [1.54, 1.807) is 30.1 Å². The second kappa shape index (κ2) is 6.45. The summed E-state index contributed by atoms with van der Waals surface area (Å²) in [6.45, 7) is -0.0139. The lowest BCUT2D eigenvalue weighted by atomic mass is 10.1. The highest BCUT2D eigenvalue weighted by Gasteiger charge is 2.25. The van der Waals surface area contributed by atoms with Crippen molar-refractivity contribution in [3.8, 4) is 11.4 Å². The summed E-state index contributed by atoms with van der Waals surface area (Å²) in [4.78, 5) is 27.2. The largest absolute Gasteiger partial charge is 0.315 e. The van der Waals surface area contributed by atoms with Crippen LogP contribution in [-0.2, 0) is 17.8 Å². The Labute approximate surface area is 157 Å². The van der Waals surface area contributed by atoms with Crippen LogP contribution in [0.25, 0.3) is 11.4 Å². The number of benzene rings is 2. The van der Waals surface area contributed by atoms with Crippen molar-refractivity contribution in [2.24, 2.45) is 0 Å². The third kappa shape index (κ3) is 2.92. The zero-order valence-electron chi connectivity index (χ0n) is 13.9. The summed E-state index contributed by atoms with van der Waals surface area (Å²) in [6.07, 6.45) is 0.320. The maximum atomic E-state index is 12.6. The first-order valence-corrected chi connectivity index (χ1v) is 8.77. The Morgan fingerprint density at radius 2 is 2.04 bits per heavy atom. The molecule has 1 amide bonds. The normalized spacial score (nSPS) is 13.2. The summed E-state index contributed by atoms with van der Waals surface area (Å²) in [5.74, 6) is 0.345. The number of likely N-dealkylation sites (N-methyl/N-ethyl adjacent to an activating group) is 1. The topological polar surface area (TPSA) is 81.0 Å². The Kier molecular flexibility index (Phi) is 4.12. The van der Waals surface area contributed by atoms with Crippen LogP contribution in [0.2, 0.25) is 0 Å². The molecule has 4 rings (SSSR count). The summed E-state index contributed by atoms with van der Waals surface area (Å²) in [5, 5.41) is 12.3. The van der Waals surface area contributed by atoms with Gasteiger partial charge in [-0.15, -0.1) is 10.2 Å². The van der Waals surface area contributed by atoms with Crippen molar-refractivity contribution in [1.82, 2.24) is 20.2 Å². The van der Waals surface area contributed by atoms with Gasteiger partial charge in [-0.25, -0.2) is 0 Å². The van der Waals surface area contributed by atoms with Gasteiger partial charge in [-0.2, -0.15) is 4.80 Å². The number of Topliss-reactive ketones (excluding diaryl/α,β-unsaturated/α-hetero) is 1. The lowest BCUT2D eigenvalue weighted by Gasteiger charge is -2.10. The van der Waals surface area contributed by atoms with Crippen LogP contribution in [0.4, 0.5) is 5.69 Å². The Bertz CT molecular complexity index is 1030. The van der Waals surface area contributed by atoms with Crippen LogP contribution < -0.4 is 4.90 Å². The van der Waals surface area contributed by atoms with Gasteiger partial charge < -0.3 is 4.90 Å². The molecule has 26 heavy (non-hydrogen) atoms. The van der Waals surface area contributed by atoms with Crippen LogP contribution in [0.5, 0.6) is 0 Å². The van der Waals surface area contributed by atoms with Crippen molar-refractivity contribution in [1.29, 1.82) is 0 Å². The van der Waals surface area contributed by atoms with Gasteiger partial charge in [0.05, 0.1) is 6.42 Å². The van der Waals surface area contributed by atoms with Crippen molar-refractivity contribution in [2.75, 3.05) is 11.9 Å². The van der Waals surface area contributed by atoms with E-state index < -0.39 is 0 Å². The van der Waals surface area contributed by atoms with Crippen LogP contribution in [0.1, 0.15) is 15.9 Å². The molecule has 0 fully saturated rings. The third-order valence-electron chi connectivity index (χ3n) is 4.33. The minimum Gasteiger partial charge on any atom is -0.315 e. The molecular weight excluding hydrogens is 398 g/mol. The van der Waals surface area contributed by atoms with Gasteiger partial charge in [0, 0.05) is 28.3 Å². The van der Waals surface area contributed by atoms with Gasteiger partial charge in [0.15, 0.2) is 5.78 Å². The Morgan fingerprint density at radius 1 is 1.23 bits per heavy atom. The van der Waals surface area contributed by atoms with Gasteiger partial charge in [-0.05, 0) is 41.1 Å². The molecule has 1 aromatic heterocycles. The predicted octanol–water partition coefficient (Wildman–Crippen LogP) is 2.50. The highest BCUT2D eigenvalue weighted by atomic mass is 79.9. The SMILES string of the molecule is CN1C(=O)Cc2cc(C(=O)Cn3nnc(-c4ccccc4Br)n3)ccc21. The maximum absolute atomic E-state index is 12.6. The van der Waals surface area contributed by atoms with Gasteiger partial charge in [0.2, 0.25) is 11.7 Å². The van der Waals surface area contributed by atoms with Crippen molar-refractivity contribution < 1.29 is 9.59 Å². The van der Waals surface area contributed by atoms with Crippen LogP contribution in [-0.4, -0.2) is 38.9 Å². The molecule has 0 spiro atoms. The van der Waals surface area contributed by atoms with Crippen molar-refractivity contribution >= 4 is 33.3 Å². The number of hydrogen-bond donors (Lipinski definition) is 0. The van der Waals surface area contributed by atoms with E-state index in [1.807, 2.05) is 24.3 Å². The van der Waals surface area contributed by atoms with E-state index in [4.69, 9.17) is 0 Å². The second-order valence-electron chi connectivity index (χ2n) is 6.02. The van der Waals surface area contributed by atoms with Crippen LogP contribution in [0.15, 0.2) is 46.9 Å². The molecule has 0 radical (unpaired) electrons. The Balaban J connectivity index is 1.54. The summed E-state index contributed by atoms with van der Waals surface area (Å²) in [6, 6.07) is 12.8. The number of carbonyl (C=O) groups is 2. The van der Waals surface area contributed by atoms with Crippen LogP contribution >= 0.6 is 15.9 Å². The lowest BCUT2D eigenvalue weighted by molar-refractivity contribution is -0.117. The quantitative estimate of drug-likeness (QED) is 0.616. The van der Waals surface area contributed by atoms with Crippen molar-refractivity contribution in [3.63, 3.8) is 0 Å². The summed E-state index contributed by atoms with van der Waals surface area (Å²) in [5.41, 5.74) is 3.06. The lowest BCUT2D eigenvalue weighted by Crippen LogP contribution is -2.20. The molecule has 0 aliphatic carbocycles. The molecule has 0 saturated heterocycles. The molecule has 2 aromatic carbocycles. The zero-order chi connectivity index (χ0) is 18.3. The van der Waals surface area contributed by atoms with E-state index in [-0.39, 0.29) is 18.2 Å². The maximum Gasteiger partial charge on any atom is 0.231 e. The summed E-state index contributed by atoms with van der Waals surface area (Å²) >= 11 is 3.45. The Hall–Kier alpha value is -2.87. The molecule has 0 atom stereocenters. The van der Waals surface area contributed by atoms with E-state index in [1.165, 1.54) is 4.80 Å². The third-order valence-corrected chi connectivity index (χ3v) is 5.02. The van der Waals surface area contributed by atoms with Crippen LogP contribution in [0.3, 0.4) is 0 Å². The standard InChI is InChI=1S/C18H14BrN5O2/c1-23-15-7-6-11(8-12(15)9-17(23)26)16(25)10-24-21-18(20-22-24)13-4-2-3-5-14(13)19/h2-8H,9-10H2,1H3. The highest BCUT2D eigenvalue weighted by Crippen LogP contribution is 2.28. The fraction of sp³-hybridized carbons (Fsp3) is 0.167.